The number of hydrogen-bond acceptors (Lipinski definition) is 6. The van der Waals surface area contributed by atoms with Gasteiger partial charge in [0.25, 0.3) is 0 Å². The number of nitrogen functional groups attached to an aromatic ring is 1. The van der Waals surface area contributed by atoms with E-state index in [2.05, 4.69) is 15.0 Å². The highest BCUT2D eigenvalue weighted by atomic mass is 35.5. The first-order chi connectivity index (χ1) is 12.8. The summed E-state index contributed by atoms with van der Waals surface area (Å²) in [6.45, 7) is 3.63. The van der Waals surface area contributed by atoms with Crippen LogP contribution in [0.3, 0.4) is 0 Å². The maximum Gasteiger partial charge on any atom is 0.220 e. The van der Waals surface area contributed by atoms with Crippen LogP contribution in [0.25, 0.3) is 5.69 Å². The maximum atomic E-state index is 12.7. The van der Waals surface area contributed by atoms with Gasteiger partial charge in [0.15, 0.2) is 5.78 Å². The third-order valence-corrected chi connectivity index (χ3v) is 5.29. The third kappa shape index (κ3) is 2.94. The molecule has 3 aromatic rings. The van der Waals surface area contributed by atoms with E-state index in [1.165, 1.54) is 6.07 Å². The minimum Gasteiger partial charge on any atom is -0.506 e. The van der Waals surface area contributed by atoms with Gasteiger partial charge >= 0.3 is 0 Å². The van der Waals surface area contributed by atoms with E-state index in [1.807, 2.05) is 6.92 Å². The van der Waals surface area contributed by atoms with Gasteiger partial charge in [-0.3, -0.25) is 9.36 Å². The molecule has 1 aromatic carbocycles. The number of phenols is 1. The highest BCUT2D eigenvalue weighted by molar-refractivity contribution is 6.31. The van der Waals surface area contributed by atoms with Gasteiger partial charge in [-0.15, -0.1) is 0 Å². The average molecular weight is 384 g/mol. The molecule has 0 saturated heterocycles. The molecule has 1 unspecified atom stereocenters. The Morgan fingerprint density at radius 3 is 2.81 bits per heavy atom. The summed E-state index contributed by atoms with van der Waals surface area (Å²) in [5.41, 5.74) is 8.98. The summed E-state index contributed by atoms with van der Waals surface area (Å²) in [5.74, 6) is 0.693. The summed E-state index contributed by atoms with van der Waals surface area (Å²) in [6.07, 6.45) is 4.24. The number of aromatic nitrogens is 4. The number of aromatic hydroxyl groups is 1. The quantitative estimate of drug-likeness (QED) is 0.704. The standard InChI is InChI=1S/C19H18ClN5O2/c1-9-5-14(15(26)8-12(9)20)25-4-3-22-18(25)11-6-13-17(16(27)7-11)10(2)23-19(21)24-13/h3-5,8,11,26H,6-7H2,1-2H3,(H2,21,23,24). The first-order valence-corrected chi connectivity index (χ1v) is 8.92. The lowest BCUT2D eigenvalue weighted by molar-refractivity contribution is 0.0960. The number of ketones is 1. The fourth-order valence-electron chi connectivity index (χ4n) is 3.65. The molecule has 4 rings (SSSR count). The Kier molecular flexibility index (Phi) is 4.11. The largest absolute Gasteiger partial charge is 0.506 e. The molecule has 0 radical (unpaired) electrons. The zero-order valence-corrected chi connectivity index (χ0v) is 15.7. The molecule has 8 heteroatoms. The van der Waals surface area contributed by atoms with Crippen molar-refractivity contribution < 1.29 is 9.90 Å². The normalized spacial score (nSPS) is 16.4. The molecule has 0 amide bonds. The summed E-state index contributed by atoms with van der Waals surface area (Å²) in [6, 6.07) is 3.31. The summed E-state index contributed by atoms with van der Waals surface area (Å²) < 4.78 is 1.79. The third-order valence-electron chi connectivity index (χ3n) is 4.88. The van der Waals surface area contributed by atoms with Gasteiger partial charge in [0.1, 0.15) is 11.6 Å². The van der Waals surface area contributed by atoms with Crippen LogP contribution >= 0.6 is 11.6 Å². The van der Waals surface area contributed by atoms with Crippen molar-refractivity contribution in [2.24, 2.45) is 0 Å². The molecular weight excluding hydrogens is 366 g/mol. The number of hydrogen-bond donors (Lipinski definition) is 2. The number of nitrogens with two attached hydrogens (primary N) is 1. The van der Waals surface area contributed by atoms with E-state index in [0.29, 0.717) is 46.3 Å². The molecule has 1 aliphatic carbocycles. The molecule has 0 spiro atoms. The topological polar surface area (TPSA) is 107 Å². The Labute approximate surface area is 160 Å². The Morgan fingerprint density at radius 2 is 2.04 bits per heavy atom. The molecule has 0 saturated carbocycles. The van der Waals surface area contributed by atoms with Gasteiger partial charge in [-0.05, 0) is 25.5 Å². The van der Waals surface area contributed by atoms with Crippen molar-refractivity contribution >= 4 is 23.3 Å². The van der Waals surface area contributed by atoms with Crippen LogP contribution in [0.4, 0.5) is 5.95 Å². The van der Waals surface area contributed by atoms with Gasteiger partial charge in [-0.25, -0.2) is 15.0 Å². The van der Waals surface area contributed by atoms with E-state index in [1.54, 1.807) is 30.0 Å². The number of benzene rings is 1. The molecule has 1 aliphatic rings. The number of halogens is 1. The predicted octanol–water partition coefficient (Wildman–Crippen LogP) is 3.13. The number of nitrogens with zero attached hydrogens (tertiary/aromatic N) is 4. The second-order valence-corrected chi connectivity index (χ2v) is 7.17. The van der Waals surface area contributed by atoms with E-state index in [0.717, 1.165) is 5.56 Å². The van der Waals surface area contributed by atoms with Crippen LogP contribution in [0.2, 0.25) is 5.02 Å². The van der Waals surface area contributed by atoms with E-state index >= 15 is 0 Å². The molecule has 138 valence electrons. The van der Waals surface area contributed by atoms with Crippen LogP contribution in [0, 0.1) is 13.8 Å². The fourth-order valence-corrected chi connectivity index (χ4v) is 3.81. The second kappa shape index (κ2) is 6.35. The zero-order valence-electron chi connectivity index (χ0n) is 14.9. The zero-order chi connectivity index (χ0) is 19.3. The number of Topliss-reactive ketones (excluding diaryl/α,β-unsaturated/α-hetero) is 1. The SMILES string of the molecule is Cc1cc(-n2ccnc2C2CC(=O)c3c(C)nc(N)nc3C2)c(O)cc1Cl. The van der Waals surface area contributed by atoms with Crippen molar-refractivity contribution in [3.8, 4) is 11.4 Å². The van der Waals surface area contributed by atoms with Crippen molar-refractivity contribution in [3.05, 3.63) is 57.9 Å². The summed E-state index contributed by atoms with van der Waals surface area (Å²) >= 11 is 6.09. The predicted molar refractivity (Wildman–Crippen MR) is 102 cm³/mol. The Hall–Kier alpha value is -2.93. The smallest absolute Gasteiger partial charge is 0.220 e. The molecular formula is C19H18ClN5O2. The average Bonchev–Trinajstić information content (AvgIpc) is 3.06. The van der Waals surface area contributed by atoms with Crippen molar-refractivity contribution in [2.45, 2.75) is 32.6 Å². The number of anilines is 1. The molecule has 0 bridgehead atoms. The van der Waals surface area contributed by atoms with E-state index in [9.17, 15) is 9.90 Å². The number of carbonyl (C=O) groups excluding carboxylic acids is 1. The molecule has 3 N–H and O–H groups in total. The lowest BCUT2D eigenvalue weighted by atomic mass is 9.84. The first kappa shape index (κ1) is 17.5. The number of aryl methyl sites for hydroxylation is 2. The van der Waals surface area contributed by atoms with Gasteiger partial charge in [-0.1, -0.05) is 11.6 Å². The molecule has 7 nitrogen and oxygen atoms in total. The molecule has 27 heavy (non-hydrogen) atoms. The van der Waals surface area contributed by atoms with Gasteiger partial charge in [0.05, 0.1) is 22.6 Å². The van der Waals surface area contributed by atoms with E-state index < -0.39 is 0 Å². The minimum atomic E-state index is -0.177. The van der Waals surface area contributed by atoms with Crippen LogP contribution < -0.4 is 5.73 Å². The van der Waals surface area contributed by atoms with Crippen molar-refractivity contribution in [1.29, 1.82) is 0 Å². The van der Waals surface area contributed by atoms with Gasteiger partial charge in [0.2, 0.25) is 5.95 Å². The lowest BCUT2D eigenvalue weighted by Gasteiger charge is -2.24. The van der Waals surface area contributed by atoms with Crippen LogP contribution in [-0.2, 0) is 6.42 Å². The monoisotopic (exact) mass is 383 g/mol. The highest BCUT2D eigenvalue weighted by Gasteiger charge is 2.32. The van der Waals surface area contributed by atoms with Crippen LogP contribution in [-0.4, -0.2) is 30.4 Å². The highest BCUT2D eigenvalue weighted by Crippen LogP contribution is 2.35. The minimum absolute atomic E-state index is 0.0233. The van der Waals surface area contributed by atoms with Crippen molar-refractivity contribution in [3.63, 3.8) is 0 Å². The number of carbonyl (C=O) groups is 1. The van der Waals surface area contributed by atoms with E-state index in [-0.39, 0.29) is 23.4 Å². The number of imidazole rings is 1. The Balaban J connectivity index is 1.78. The molecule has 2 heterocycles. The van der Waals surface area contributed by atoms with E-state index in [4.69, 9.17) is 17.3 Å². The summed E-state index contributed by atoms with van der Waals surface area (Å²) in [4.78, 5) is 25.5. The molecule has 0 fully saturated rings. The Bertz CT molecular complexity index is 1080. The lowest BCUT2D eigenvalue weighted by Crippen LogP contribution is -2.24. The molecule has 2 aromatic heterocycles. The molecule has 0 aliphatic heterocycles. The van der Waals surface area contributed by atoms with Gasteiger partial charge in [0, 0.05) is 42.2 Å². The Morgan fingerprint density at radius 1 is 1.26 bits per heavy atom. The fraction of sp³-hybridized carbons (Fsp3) is 0.263. The van der Waals surface area contributed by atoms with Gasteiger partial charge in [-0.2, -0.15) is 0 Å². The van der Waals surface area contributed by atoms with Crippen LogP contribution in [0.5, 0.6) is 5.75 Å². The first-order valence-electron chi connectivity index (χ1n) is 8.54. The second-order valence-electron chi connectivity index (χ2n) is 6.76. The summed E-state index contributed by atoms with van der Waals surface area (Å²) in [7, 11) is 0. The number of rotatable bonds is 2. The van der Waals surface area contributed by atoms with Crippen molar-refractivity contribution in [1.82, 2.24) is 19.5 Å². The van der Waals surface area contributed by atoms with Crippen LogP contribution in [0.1, 0.15) is 45.5 Å². The van der Waals surface area contributed by atoms with Gasteiger partial charge < -0.3 is 10.8 Å². The molecule has 1 atom stereocenters. The summed E-state index contributed by atoms with van der Waals surface area (Å²) in [5, 5.41) is 10.8. The van der Waals surface area contributed by atoms with Crippen molar-refractivity contribution in [2.75, 3.05) is 5.73 Å². The number of phenolic OH excluding ortho intramolecular Hbond substituents is 1. The van der Waals surface area contributed by atoms with Crippen LogP contribution in [0.15, 0.2) is 24.5 Å². The maximum absolute atomic E-state index is 12.7. The number of fused-ring (bicyclic) bond motifs is 1.